The van der Waals surface area contributed by atoms with E-state index in [0.29, 0.717) is 11.4 Å². The first-order valence-electron chi connectivity index (χ1n) is 6.08. The maximum atomic E-state index is 12.0. The average molecular weight is 283 g/mol. The first-order chi connectivity index (χ1) is 10.1. The number of carbonyl (C=O) groups excluding carboxylic acids is 1. The summed E-state index contributed by atoms with van der Waals surface area (Å²) in [6, 6.07) is 6.92. The van der Waals surface area contributed by atoms with Crippen molar-refractivity contribution in [2.75, 3.05) is 11.9 Å². The SMILES string of the molecule is NCC#Cc1ccnc(NC(=O)c2cc(O)cc(O)c2)c1. The van der Waals surface area contributed by atoms with Gasteiger partial charge in [0, 0.05) is 23.4 Å². The van der Waals surface area contributed by atoms with Gasteiger partial charge in [0.1, 0.15) is 17.3 Å². The van der Waals surface area contributed by atoms with Crippen LogP contribution in [0.2, 0.25) is 0 Å². The average Bonchev–Trinajstić information content (AvgIpc) is 2.44. The van der Waals surface area contributed by atoms with Gasteiger partial charge < -0.3 is 21.3 Å². The van der Waals surface area contributed by atoms with Gasteiger partial charge in [-0.1, -0.05) is 11.8 Å². The minimum atomic E-state index is -0.502. The van der Waals surface area contributed by atoms with E-state index in [1.165, 1.54) is 18.3 Å². The molecule has 0 fully saturated rings. The highest BCUT2D eigenvalue weighted by atomic mass is 16.3. The van der Waals surface area contributed by atoms with E-state index in [-0.39, 0.29) is 23.6 Å². The molecule has 1 heterocycles. The summed E-state index contributed by atoms with van der Waals surface area (Å²) in [5.41, 5.74) is 6.08. The van der Waals surface area contributed by atoms with E-state index in [2.05, 4.69) is 22.1 Å². The Labute approximate surface area is 121 Å². The molecule has 5 N–H and O–H groups in total. The molecule has 2 aromatic rings. The van der Waals surface area contributed by atoms with Gasteiger partial charge in [-0.3, -0.25) is 4.79 Å². The second kappa shape index (κ2) is 6.41. The Morgan fingerprint density at radius 3 is 2.62 bits per heavy atom. The molecule has 1 aromatic carbocycles. The number of pyridine rings is 1. The van der Waals surface area contributed by atoms with E-state index in [0.717, 1.165) is 6.07 Å². The van der Waals surface area contributed by atoms with Gasteiger partial charge in [-0.05, 0) is 24.3 Å². The Bertz CT molecular complexity index is 712. The molecule has 0 aliphatic heterocycles. The number of aromatic hydroxyl groups is 2. The molecule has 1 amide bonds. The summed E-state index contributed by atoms with van der Waals surface area (Å²) in [5, 5.41) is 21.3. The number of phenolic OH excluding ortho intramolecular Hbond substituents is 2. The van der Waals surface area contributed by atoms with Crippen molar-refractivity contribution in [3.8, 4) is 23.3 Å². The molecular formula is C15H13N3O3. The Hall–Kier alpha value is -3.04. The van der Waals surface area contributed by atoms with E-state index in [1.54, 1.807) is 12.1 Å². The lowest BCUT2D eigenvalue weighted by Crippen LogP contribution is -2.12. The van der Waals surface area contributed by atoms with Crippen LogP contribution < -0.4 is 11.1 Å². The Balaban J connectivity index is 2.19. The largest absolute Gasteiger partial charge is 0.508 e. The summed E-state index contributed by atoms with van der Waals surface area (Å²) in [6.45, 7) is 0.243. The van der Waals surface area contributed by atoms with E-state index in [4.69, 9.17) is 5.73 Å². The molecule has 0 radical (unpaired) electrons. The van der Waals surface area contributed by atoms with Gasteiger partial charge in [-0.15, -0.1) is 0 Å². The molecule has 6 nitrogen and oxygen atoms in total. The van der Waals surface area contributed by atoms with Crippen LogP contribution in [-0.4, -0.2) is 27.6 Å². The molecule has 2 rings (SSSR count). The predicted octanol–water partition coefficient (Wildman–Crippen LogP) is 1.06. The molecular weight excluding hydrogens is 270 g/mol. The number of carbonyl (C=O) groups is 1. The van der Waals surface area contributed by atoms with Crippen LogP contribution in [0.1, 0.15) is 15.9 Å². The number of amides is 1. The van der Waals surface area contributed by atoms with Gasteiger partial charge in [0.2, 0.25) is 0 Å². The second-order valence-corrected chi connectivity index (χ2v) is 4.13. The zero-order chi connectivity index (χ0) is 15.2. The van der Waals surface area contributed by atoms with Crippen molar-refractivity contribution in [2.45, 2.75) is 0 Å². The summed E-state index contributed by atoms with van der Waals surface area (Å²) >= 11 is 0. The fraction of sp³-hybridized carbons (Fsp3) is 0.0667. The van der Waals surface area contributed by atoms with Crippen LogP contribution in [0.25, 0.3) is 0 Å². The fourth-order valence-corrected chi connectivity index (χ4v) is 1.64. The number of aromatic nitrogens is 1. The lowest BCUT2D eigenvalue weighted by atomic mass is 10.2. The second-order valence-electron chi connectivity index (χ2n) is 4.13. The highest BCUT2D eigenvalue weighted by molar-refractivity contribution is 6.04. The number of hydrogen-bond donors (Lipinski definition) is 4. The lowest BCUT2D eigenvalue weighted by Gasteiger charge is -2.06. The minimum Gasteiger partial charge on any atom is -0.508 e. The predicted molar refractivity (Wildman–Crippen MR) is 77.9 cm³/mol. The summed E-state index contributed by atoms with van der Waals surface area (Å²) in [4.78, 5) is 16.0. The maximum absolute atomic E-state index is 12.0. The monoisotopic (exact) mass is 283 g/mol. The van der Waals surface area contributed by atoms with Gasteiger partial charge in [-0.25, -0.2) is 4.98 Å². The number of nitrogens with zero attached hydrogens (tertiary/aromatic N) is 1. The third kappa shape index (κ3) is 3.96. The zero-order valence-corrected chi connectivity index (χ0v) is 11.0. The molecule has 0 unspecified atom stereocenters. The fourth-order valence-electron chi connectivity index (χ4n) is 1.64. The summed E-state index contributed by atoms with van der Waals surface area (Å²) < 4.78 is 0. The molecule has 6 heteroatoms. The number of rotatable bonds is 2. The van der Waals surface area contributed by atoms with Crippen molar-refractivity contribution >= 4 is 11.7 Å². The molecule has 0 bridgehead atoms. The van der Waals surface area contributed by atoms with Crippen LogP contribution in [-0.2, 0) is 0 Å². The van der Waals surface area contributed by atoms with Crippen LogP contribution in [0.4, 0.5) is 5.82 Å². The molecule has 1 aromatic heterocycles. The number of anilines is 1. The highest BCUT2D eigenvalue weighted by Crippen LogP contribution is 2.21. The first kappa shape index (κ1) is 14.4. The van der Waals surface area contributed by atoms with Crippen molar-refractivity contribution in [3.63, 3.8) is 0 Å². The number of phenols is 2. The Morgan fingerprint density at radius 1 is 1.24 bits per heavy atom. The van der Waals surface area contributed by atoms with Gasteiger partial charge in [0.15, 0.2) is 0 Å². The topological polar surface area (TPSA) is 108 Å². The quantitative estimate of drug-likeness (QED) is 0.616. The van der Waals surface area contributed by atoms with Crippen LogP contribution in [0.15, 0.2) is 36.5 Å². The minimum absolute atomic E-state index is 0.118. The third-order valence-electron chi connectivity index (χ3n) is 2.50. The first-order valence-corrected chi connectivity index (χ1v) is 6.08. The normalized spacial score (nSPS) is 9.57. The molecule has 106 valence electrons. The van der Waals surface area contributed by atoms with Crippen molar-refractivity contribution in [1.29, 1.82) is 0 Å². The van der Waals surface area contributed by atoms with Crippen LogP contribution in [0.5, 0.6) is 11.5 Å². The number of hydrogen-bond acceptors (Lipinski definition) is 5. The van der Waals surface area contributed by atoms with Gasteiger partial charge in [-0.2, -0.15) is 0 Å². The van der Waals surface area contributed by atoms with Crippen molar-refractivity contribution in [3.05, 3.63) is 47.7 Å². The van der Waals surface area contributed by atoms with E-state index in [9.17, 15) is 15.0 Å². The van der Waals surface area contributed by atoms with Gasteiger partial charge >= 0.3 is 0 Å². The molecule has 0 spiro atoms. The summed E-state index contributed by atoms with van der Waals surface area (Å²) in [6.07, 6.45) is 1.51. The van der Waals surface area contributed by atoms with Gasteiger partial charge in [0.25, 0.3) is 5.91 Å². The van der Waals surface area contributed by atoms with E-state index < -0.39 is 5.91 Å². The third-order valence-corrected chi connectivity index (χ3v) is 2.50. The standard InChI is InChI=1S/C15H13N3O3/c16-4-1-2-10-3-5-17-14(6-10)18-15(21)11-7-12(19)9-13(20)8-11/h3,5-9,19-20H,4,16H2,(H,17,18,21). The van der Waals surface area contributed by atoms with E-state index >= 15 is 0 Å². The number of nitrogens with one attached hydrogen (secondary N) is 1. The van der Waals surface area contributed by atoms with E-state index in [1.807, 2.05) is 0 Å². The van der Waals surface area contributed by atoms with Crippen molar-refractivity contribution < 1.29 is 15.0 Å². The smallest absolute Gasteiger partial charge is 0.257 e. The Kier molecular flexibility index (Phi) is 4.39. The molecule has 0 saturated carbocycles. The van der Waals surface area contributed by atoms with Crippen LogP contribution >= 0.6 is 0 Å². The lowest BCUT2D eigenvalue weighted by molar-refractivity contribution is 0.102. The molecule has 0 saturated heterocycles. The zero-order valence-electron chi connectivity index (χ0n) is 11.0. The Morgan fingerprint density at radius 2 is 1.95 bits per heavy atom. The van der Waals surface area contributed by atoms with Crippen molar-refractivity contribution in [2.24, 2.45) is 5.73 Å². The summed E-state index contributed by atoms with van der Waals surface area (Å²) in [7, 11) is 0. The molecule has 21 heavy (non-hydrogen) atoms. The number of nitrogens with two attached hydrogens (primary N) is 1. The number of benzene rings is 1. The summed E-state index contributed by atoms with van der Waals surface area (Å²) in [5.74, 6) is 4.95. The van der Waals surface area contributed by atoms with Crippen LogP contribution in [0.3, 0.4) is 0 Å². The highest BCUT2D eigenvalue weighted by Gasteiger charge is 2.09. The van der Waals surface area contributed by atoms with Gasteiger partial charge in [0.05, 0.1) is 6.54 Å². The van der Waals surface area contributed by atoms with Crippen LogP contribution in [0, 0.1) is 11.8 Å². The molecule has 0 aliphatic rings. The maximum Gasteiger partial charge on any atom is 0.257 e. The molecule has 0 aliphatic carbocycles. The van der Waals surface area contributed by atoms with Crippen molar-refractivity contribution in [1.82, 2.24) is 4.98 Å². The molecule has 0 atom stereocenters.